The minimum atomic E-state index is -0.0274. The van der Waals surface area contributed by atoms with Gasteiger partial charge in [-0.3, -0.25) is 4.79 Å². The van der Waals surface area contributed by atoms with E-state index in [0.717, 1.165) is 19.5 Å². The van der Waals surface area contributed by atoms with E-state index >= 15 is 0 Å². The van der Waals surface area contributed by atoms with Crippen molar-refractivity contribution in [2.24, 2.45) is 5.92 Å². The maximum absolute atomic E-state index is 10.7. The lowest BCUT2D eigenvalue weighted by atomic mass is 9.97. The number of nitrogens with zero attached hydrogens (tertiary/aromatic N) is 1. The molecule has 1 aliphatic heterocycles. The van der Waals surface area contributed by atoms with Gasteiger partial charge in [0.05, 0.1) is 12.0 Å². The SMILES string of the molecule is CC(=O)NC1CNCC(C#N)C1. The molecule has 4 nitrogen and oxygen atoms in total. The molecule has 12 heavy (non-hydrogen) atoms. The monoisotopic (exact) mass is 167 g/mol. The van der Waals surface area contributed by atoms with Gasteiger partial charge in [0.25, 0.3) is 0 Å². The molecule has 0 saturated carbocycles. The van der Waals surface area contributed by atoms with E-state index in [9.17, 15) is 4.79 Å². The first-order chi connectivity index (χ1) is 5.72. The van der Waals surface area contributed by atoms with Crippen LogP contribution in [0.2, 0.25) is 0 Å². The number of hydrogen-bond acceptors (Lipinski definition) is 3. The van der Waals surface area contributed by atoms with Crippen LogP contribution in [0.5, 0.6) is 0 Å². The predicted molar refractivity (Wildman–Crippen MR) is 44.2 cm³/mol. The molecular weight excluding hydrogens is 154 g/mol. The molecule has 0 radical (unpaired) electrons. The van der Waals surface area contributed by atoms with Gasteiger partial charge in [0, 0.05) is 26.1 Å². The van der Waals surface area contributed by atoms with E-state index in [1.54, 1.807) is 0 Å². The number of nitriles is 1. The Kier molecular flexibility index (Phi) is 3.06. The second-order valence-corrected chi connectivity index (χ2v) is 3.12. The average Bonchev–Trinajstić information content (AvgIpc) is 2.03. The lowest BCUT2D eigenvalue weighted by Crippen LogP contribution is -2.48. The summed E-state index contributed by atoms with van der Waals surface area (Å²) in [4.78, 5) is 10.7. The third-order valence-electron chi connectivity index (χ3n) is 1.94. The van der Waals surface area contributed by atoms with Crippen LogP contribution in [0.4, 0.5) is 0 Å². The molecule has 1 heterocycles. The van der Waals surface area contributed by atoms with Crippen LogP contribution in [0.1, 0.15) is 13.3 Å². The van der Waals surface area contributed by atoms with Crippen LogP contribution in [0.3, 0.4) is 0 Å². The molecular formula is C8H13N3O. The van der Waals surface area contributed by atoms with Crippen molar-refractivity contribution in [1.29, 1.82) is 5.26 Å². The van der Waals surface area contributed by atoms with Crippen LogP contribution in [0.15, 0.2) is 0 Å². The third-order valence-corrected chi connectivity index (χ3v) is 1.94. The fraction of sp³-hybridized carbons (Fsp3) is 0.750. The molecule has 2 N–H and O–H groups in total. The first-order valence-corrected chi connectivity index (χ1v) is 4.10. The van der Waals surface area contributed by atoms with Gasteiger partial charge >= 0.3 is 0 Å². The van der Waals surface area contributed by atoms with Crippen molar-refractivity contribution >= 4 is 5.91 Å². The summed E-state index contributed by atoms with van der Waals surface area (Å²) < 4.78 is 0. The van der Waals surface area contributed by atoms with Crippen LogP contribution < -0.4 is 10.6 Å². The van der Waals surface area contributed by atoms with E-state index in [1.165, 1.54) is 6.92 Å². The highest BCUT2D eigenvalue weighted by Gasteiger charge is 2.21. The molecule has 0 aromatic rings. The Bertz CT molecular complexity index is 209. The molecule has 2 atom stereocenters. The molecule has 0 spiro atoms. The topological polar surface area (TPSA) is 64.9 Å². The zero-order chi connectivity index (χ0) is 8.97. The number of carbonyl (C=O) groups is 1. The van der Waals surface area contributed by atoms with Crippen LogP contribution in [-0.2, 0) is 4.79 Å². The molecule has 0 aliphatic carbocycles. The van der Waals surface area contributed by atoms with Gasteiger partial charge in [-0.2, -0.15) is 5.26 Å². The van der Waals surface area contributed by atoms with E-state index in [2.05, 4.69) is 16.7 Å². The van der Waals surface area contributed by atoms with Crippen molar-refractivity contribution in [3.63, 3.8) is 0 Å². The molecule has 1 aliphatic rings. The van der Waals surface area contributed by atoms with Crippen molar-refractivity contribution in [2.75, 3.05) is 13.1 Å². The average molecular weight is 167 g/mol. The summed E-state index contributed by atoms with van der Waals surface area (Å²) >= 11 is 0. The second-order valence-electron chi connectivity index (χ2n) is 3.12. The van der Waals surface area contributed by atoms with Crippen molar-refractivity contribution in [3.05, 3.63) is 0 Å². The largest absolute Gasteiger partial charge is 0.352 e. The molecule has 1 saturated heterocycles. The highest BCUT2D eigenvalue weighted by Crippen LogP contribution is 2.08. The number of hydrogen-bond donors (Lipinski definition) is 2. The molecule has 0 aromatic carbocycles. The number of carbonyl (C=O) groups excluding carboxylic acids is 1. The van der Waals surface area contributed by atoms with Crippen LogP contribution >= 0.6 is 0 Å². The van der Waals surface area contributed by atoms with Gasteiger partial charge in [-0.25, -0.2) is 0 Å². The Morgan fingerprint density at radius 2 is 2.42 bits per heavy atom. The summed E-state index contributed by atoms with van der Waals surface area (Å²) in [5, 5.41) is 14.5. The highest BCUT2D eigenvalue weighted by molar-refractivity contribution is 5.73. The van der Waals surface area contributed by atoms with Crippen molar-refractivity contribution in [1.82, 2.24) is 10.6 Å². The van der Waals surface area contributed by atoms with E-state index in [0.29, 0.717) is 0 Å². The van der Waals surface area contributed by atoms with Gasteiger partial charge in [-0.05, 0) is 6.42 Å². The first kappa shape index (κ1) is 9.01. The lowest BCUT2D eigenvalue weighted by molar-refractivity contribution is -0.119. The molecule has 4 heteroatoms. The van der Waals surface area contributed by atoms with E-state index < -0.39 is 0 Å². The van der Waals surface area contributed by atoms with E-state index in [-0.39, 0.29) is 17.9 Å². The Morgan fingerprint density at radius 3 is 3.00 bits per heavy atom. The molecule has 1 amide bonds. The van der Waals surface area contributed by atoms with Gasteiger partial charge in [0.2, 0.25) is 5.91 Å². The summed E-state index contributed by atoms with van der Waals surface area (Å²) in [6.45, 7) is 3.01. The van der Waals surface area contributed by atoms with Crippen LogP contribution in [0, 0.1) is 17.2 Å². The van der Waals surface area contributed by atoms with Gasteiger partial charge in [-0.1, -0.05) is 0 Å². The quantitative estimate of drug-likeness (QED) is 0.559. The van der Waals surface area contributed by atoms with Crippen molar-refractivity contribution in [3.8, 4) is 6.07 Å². The standard InChI is InChI=1S/C8H13N3O/c1-6(12)11-8-2-7(3-9)4-10-5-8/h7-8,10H,2,4-5H2,1H3,(H,11,12). The fourth-order valence-electron chi connectivity index (χ4n) is 1.44. The molecule has 2 unspecified atom stereocenters. The summed E-state index contributed by atoms with van der Waals surface area (Å²) in [5.74, 6) is 0.0102. The van der Waals surface area contributed by atoms with E-state index in [4.69, 9.17) is 5.26 Å². The molecule has 1 fully saturated rings. The minimum Gasteiger partial charge on any atom is -0.352 e. The Morgan fingerprint density at radius 1 is 1.67 bits per heavy atom. The maximum atomic E-state index is 10.7. The smallest absolute Gasteiger partial charge is 0.217 e. The van der Waals surface area contributed by atoms with Crippen LogP contribution in [-0.4, -0.2) is 25.0 Å². The zero-order valence-corrected chi connectivity index (χ0v) is 7.13. The Labute approximate surface area is 71.9 Å². The van der Waals surface area contributed by atoms with Gasteiger partial charge in [0.15, 0.2) is 0 Å². The second kappa shape index (κ2) is 4.07. The Hall–Kier alpha value is -1.08. The normalized spacial score (nSPS) is 29.0. The number of amides is 1. The lowest BCUT2D eigenvalue weighted by Gasteiger charge is -2.26. The first-order valence-electron chi connectivity index (χ1n) is 4.10. The molecule has 1 rings (SSSR count). The van der Waals surface area contributed by atoms with Crippen molar-refractivity contribution < 1.29 is 4.79 Å². The number of nitrogens with one attached hydrogen (secondary N) is 2. The van der Waals surface area contributed by atoms with Gasteiger partial charge in [-0.15, -0.1) is 0 Å². The van der Waals surface area contributed by atoms with Gasteiger partial charge < -0.3 is 10.6 Å². The summed E-state index contributed by atoms with van der Waals surface area (Å²) in [7, 11) is 0. The van der Waals surface area contributed by atoms with E-state index in [1.807, 2.05) is 0 Å². The van der Waals surface area contributed by atoms with Crippen LogP contribution in [0.25, 0.3) is 0 Å². The van der Waals surface area contributed by atoms with Gasteiger partial charge in [0.1, 0.15) is 0 Å². The summed E-state index contributed by atoms with van der Waals surface area (Å²) in [6.07, 6.45) is 0.767. The fourth-order valence-corrected chi connectivity index (χ4v) is 1.44. The Balaban J connectivity index is 2.36. The molecule has 0 bridgehead atoms. The highest BCUT2D eigenvalue weighted by atomic mass is 16.1. The summed E-state index contributed by atoms with van der Waals surface area (Å²) in [5.41, 5.74) is 0. The summed E-state index contributed by atoms with van der Waals surface area (Å²) in [6, 6.07) is 2.32. The number of rotatable bonds is 1. The zero-order valence-electron chi connectivity index (χ0n) is 7.13. The molecule has 0 aromatic heterocycles. The third kappa shape index (κ3) is 2.51. The predicted octanol–water partition coefficient (Wildman–Crippen LogP) is -0.376. The van der Waals surface area contributed by atoms with Crippen molar-refractivity contribution in [2.45, 2.75) is 19.4 Å². The maximum Gasteiger partial charge on any atom is 0.217 e. The minimum absolute atomic E-state index is 0.0274. The molecule has 66 valence electrons. The number of piperidine rings is 1.